The molecule has 1 aliphatic rings. The van der Waals surface area contributed by atoms with Crippen molar-refractivity contribution in [1.29, 1.82) is 0 Å². The van der Waals surface area contributed by atoms with Crippen molar-refractivity contribution in [2.24, 2.45) is 5.92 Å². The Morgan fingerprint density at radius 3 is 2.66 bits per heavy atom. The third kappa shape index (κ3) is 5.98. The van der Waals surface area contributed by atoms with Crippen LogP contribution in [0.25, 0.3) is 32.6 Å². The van der Waals surface area contributed by atoms with Crippen LogP contribution in [0.5, 0.6) is 0 Å². The van der Waals surface area contributed by atoms with Crippen LogP contribution in [-0.2, 0) is 16.8 Å². The van der Waals surface area contributed by atoms with Crippen LogP contribution < -0.4 is 10.6 Å². The van der Waals surface area contributed by atoms with Crippen LogP contribution in [0.2, 0.25) is 0 Å². The molecular formula is C28H32N6O3S. The number of hydrogen-bond donors (Lipinski definition) is 3. The van der Waals surface area contributed by atoms with Gasteiger partial charge >= 0.3 is 6.03 Å². The van der Waals surface area contributed by atoms with E-state index in [1.807, 2.05) is 6.07 Å². The number of thiazole rings is 1. The molecule has 0 unspecified atom stereocenters. The molecule has 9 nitrogen and oxygen atoms in total. The first kappa shape index (κ1) is 17.9. The van der Waals surface area contributed by atoms with Gasteiger partial charge in [0.2, 0.25) is 0 Å². The van der Waals surface area contributed by atoms with E-state index in [0.717, 1.165) is 0 Å². The molecule has 10 heteroatoms. The highest BCUT2D eigenvalue weighted by Crippen LogP contribution is 2.38. The molecule has 198 valence electrons. The lowest BCUT2D eigenvalue weighted by molar-refractivity contribution is 0.0665. The van der Waals surface area contributed by atoms with Crippen molar-refractivity contribution in [3.63, 3.8) is 0 Å². The summed E-state index contributed by atoms with van der Waals surface area (Å²) in [6.45, 7) is -0.850. The minimum Gasteiger partial charge on any atom is -0.382 e. The standard InChI is InChI=1S/C28H32N6O3S/c1-4-29-26(35)34-27-33-23-14-19(20-15-31-25(32-16-20)28(2,3)36)13-21(24(23)38-27)22-12-18(5-8-30-22)11-17-6-9-37-10-7-17/h5,8,12-17,36H,4,6-7,9-11H2,1-3H3,(H2,29,33,34,35)/i6D2,7D2,9D2,10D2. The van der Waals surface area contributed by atoms with Crippen molar-refractivity contribution < 1.29 is 25.6 Å². The molecule has 0 bridgehead atoms. The number of anilines is 1. The fraction of sp³-hybridized carbons (Fsp3) is 0.393. The Bertz CT molecular complexity index is 1750. The minimum absolute atomic E-state index is 0.232. The van der Waals surface area contributed by atoms with Gasteiger partial charge in [-0.2, -0.15) is 0 Å². The molecule has 1 aliphatic heterocycles. The van der Waals surface area contributed by atoms with Crippen molar-refractivity contribution in [3.05, 3.63) is 54.2 Å². The van der Waals surface area contributed by atoms with Gasteiger partial charge in [0.05, 0.1) is 21.4 Å². The van der Waals surface area contributed by atoms with Gasteiger partial charge in [0.25, 0.3) is 0 Å². The van der Waals surface area contributed by atoms with Crippen molar-refractivity contribution >= 4 is 32.7 Å². The largest absolute Gasteiger partial charge is 0.382 e. The Balaban J connectivity index is 1.61. The van der Waals surface area contributed by atoms with E-state index in [-0.39, 0.29) is 12.2 Å². The first-order valence-electron chi connectivity index (χ1n) is 16.0. The highest BCUT2D eigenvalue weighted by Gasteiger charge is 2.21. The number of aliphatic hydroxyl groups is 1. The van der Waals surface area contributed by atoms with Gasteiger partial charge < -0.3 is 15.2 Å². The Hall–Kier alpha value is -3.47. The van der Waals surface area contributed by atoms with Crippen LogP contribution in [0.3, 0.4) is 0 Å². The van der Waals surface area contributed by atoms with E-state index in [4.69, 9.17) is 11.0 Å². The van der Waals surface area contributed by atoms with Crippen molar-refractivity contribution in [3.8, 4) is 22.4 Å². The number of ether oxygens (including phenoxy) is 1. The lowest BCUT2D eigenvalue weighted by Gasteiger charge is -2.22. The van der Waals surface area contributed by atoms with Gasteiger partial charge in [-0.25, -0.2) is 19.7 Å². The number of nitrogens with one attached hydrogen (secondary N) is 2. The Morgan fingerprint density at radius 2 is 1.95 bits per heavy atom. The first-order chi connectivity index (χ1) is 21.3. The summed E-state index contributed by atoms with van der Waals surface area (Å²) < 4.78 is 71.2. The predicted octanol–water partition coefficient (Wildman–Crippen LogP) is 5.15. The monoisotopic (exact) mass is 540 g/mol. The topological polar surface area (TPSA) is 122 Å². The molecule has 1 fully saturated rings. The molecule has 3 N–H and O–H groups in total. The molecule has 5 rings (SSSR count). The molecule has 1 aromatic carbocycles. The SMILES string of the molecule is [2H]C1([2H])OC([2H])([2H])C([2H])([2H])C(Cc2ccnc(-c3cc(-c4cnc(C(C)(C)O)nc4)cc4nc(NC(=O)NCC)sc34)c2)C1([2H])[2H]. The Morgan fingerprint density at radius 1 is 1.18 bits per heavy atom. The number of rotatable bonds is 7. The van der Waals surface area contributed by atoms with Gasteiger partial charge in [-0.1, -0.05) is 11.3 Å². The maximum absolute atomic E-state index is 12.2. The highest BCUT2D eigenvalue weighted by molar-refractivity contribution is 7.22. The van der Waals surface area contributed by atoms with E-state index in [2.05, 4.69) is 35.3 Å². The maximum atomic E-state index is 12.2. The van der Waals surface area contributed by atoms with Gasteiger partial charge in [0, 0.05) is 54.9 Å². The molecule has 1 saturated heterocycles. The van der Waals surface area contributed by atoms with Crippen LogP contribution in [-0.4, -0.2) is 50.7 Å². The lowest BCUT2D eigenvalue weighted by Crippen LogP contribution is -2.28. The van der Waals surface area contributed by atoms with Gasteiger partial charge in [0.1, 0.15) is 5.60 Å². The minimum atomic E-state index is -3.10. The third-order valence-corrected chi connectivity index (χ3v) is 6.71. The Kier molecular flexibility index (Phi) is 5.24. The molecule has 0 aliphatic carbocycles. The molecule has 0 spiro atoms. The lowest BCUT2D eigenvalue weighted by atomic mass is 9.92. The number of amides is 2. The van der Waals surface area contributed by atoms with Crippen molar-refractivity contribution in [2.45, 2.75) is 45.5 Å². The number of pyridine rings is 1. The number of aromatic nitrogens is 4. The second-order valence-electron chi connectivity index (χ2n) is 9.13. The van der Waals surface area contributed by atoms with E-state index >= 15 is 0 Å². The molecule has 38 heavy (non-hydrogen) atoms. The number of hydrogen-bond acceptors (Lipinski definition) is 8. The van der Waals surface area contributed by atoms with Gasteiger partial charge in [-0.15, -0.1) is 0 Å². The van der Waals surface area contributed by atoms with E-state index < -0.39 is 43.4 Å². The first-order valence-corrected chi connectivity index (χ1v) is 12.8. The van der Waals surface area contributed by atoms with Crippen LogP contribution in [0, 0.1) is 5.92 Å². The van der Waals surface area contributed by atoms with Gasteiger partial charge in [-0.3, -0.25) is 10.3 Å². The normalized spacial score (nSPS) is 22.9. The highest BCUT2D eigenvalue weighted by atomic mass is 32.1. The zero-order chi connectivity index (χ0) is 33.9. The second kappa shape index (κ2) is 11.1. The van der Waals surface area contributed by atoms with Crippen molar-refractivity contribution in [2.75, 3.05) is 25.0 Å². The summed E-state index contributed by atoms with van der Waals surface area (Å²) in [5.74, 6) is -1.53. The van der Waals surface area contributed by atoms with Crippen LogP contribution in [0.15, 0.2) is 42.9 Å². The number of fused-ring (bicyclic) bond motifs is 1. The average Bonchev–Trinajstić information content (AvgIpc) is 3.36. The number of carbonyl (C=O) groups excluding carboxylic acids is 1. The zero-order valence-electron chi connectivity index (χ0n) is 29.0. The second-order valence-corrected chi connectivity index (χ2v) is 10.1. The number of nitrogens with zero attached hydrogens (tertiary/aromatic N) is 4. The molecule has 3 aromatic heterocycles. The molecule has 0 saturated carbocycles. The summed E-state index contributed by atoms with van der Waals surface area (Å²) in [5, 5.41) is 16.0. The Labute approximate surface area is 237 Å². The quantitative estimate of drug-likeness (QED) is 0.296. The zero-order valence-corrected chi connectivity index (χ0v) is 21.8. The van der Waals surface area contributed by atoms with E-state index in [9.17, 15) is 9.90 Å². The number of benzene rings is 1. The fourth-order valence-electron chi connectivity index (χ4n) is 3.89. The summed E-state index contributed by atoms with van der Waals surface area (Å²) in [7, 11) is 0. The number of urea groups is 1. The van der Waals surface area contributed by atoms with Crippen LogP contribution in [0.1, 0.15) is 55.9 Å². The summed E-state index contributed by atoms with van der Waals surface area (Å²) in [6.07, 6.45) is -1.55. The van der Waals surface area contributed by atoms with Gasteiger partial charge in [-0.05, 0) is 81.2 Å². The molecule has 4 heterocycles. The van der Waals surface area contributed by atoms with E-state index in [1.54, 1.807) is 45.3 Å². The number of carbonyl (C=O) groups is 1. The smallest absolute Gasteiger partial charge is 0.321 e. The van der Waals surface area contributed by atoms with Crippen LogP contribution in [0.4, 0.5) is 9.93 Å². The average molecular weight is 541 g/mol. The summed E-state index contributed by atoms with van der Waals surface area (Å²) in [4.78, 5) is 30.0. The molecule has 4 aromatic rings. The van der Waals surface area contributed by atoms with E-state index in [1.165, 1.54) is 23.6 Å². The summed E-state index contributed by atoms with van der Waals surface area (Å²) in [6, 6.07) is 6.32. The molecule has 0 radical (unpaired) electrons. The van der Waals surface area contributed by atoms with Crippen LogP contribution >= 0.6 is 11.3 Å². The van der Waals surface area contributed by atoms with Crippen molar-refractivity contribution in [1.82, 2.24) is 25.3 Å². The van der Waals surface area contributed by atoms with Gasteiger partial charge in [0.15, 0.2) is 11.0 Å². The summed E-state index contributed by atoms with van der Waals surface area (Å²) in [5.41, 5.74) is 1.87. The molecule has 0 atom stereocenters. The molecule has 2 amide bonds. The van der Waals surface area contributed by atoms with E-state index in [0.29, 0.717) is 49.8 Å². The summed E-state index contributed by atoms with van der Waals surface area (Å²) >= 11 is 1.20. The predicted molar refractivity (Wildman–Crippen MR) is 149 cm³/mol. The third-order valence-electron chi connectivity index (χ3n) is 5.69. The fourth-order valence-corrected chi connectivity index (χ4v) is 4.85. The molecular weight excluding hydrogens is 500 g/mol. The maximum Gasteiger partial charge on any atom is 0.321 e.